The van der Waals surface area contributed by atoms with Crippen LogP contribution in [0.2, 0.25) is 0 Å². The molecule has 1 aromatic carbocycles. The van der Waals surface area contributed by atoms with Crippen molar-refractivity contribution in [2.45, 2.75) is 44.6 Å². The van der Waals surface area contributed by atoms with E-state index in [1.165, 1.54) is 56.6 Å². The Bertz CT molecular complexity index is 845. The Kier molecular flexibility index (Phi) is 5.86. The van der Waals surface area contributed by atoms with Gasteiger partial charge in [0.1, 0.15) is 5.82 Å². The minimum atomic E-state index is 0.287. The van der Waals surface area contributed by atoms with Gasteiger partial charge in [-0.15, -0.1) is 0 Å². The highest BCUT2D eigenvalue weighted by molar-refractivity contribution is 5.63. The maximum absolute atomic E-state index is 6.15. The lowest BCUT2D eigenvalue weighted by Crippen LogP contribution is -2.42. The molecular formula is C24H34N6. The summed E-state index contributed by atoms with van der Waals surface area (Å²) in [5.41, 5.74) is 9.78. The van der Waals surface area contributed by atoms with Gasteiger partial charge in [0.25, 0.3) is 0 Å². The molecule has 0 radical (unpaired) electrons. The van der Waals surface area contributed by atoms with Crippen molar-refractivity contribution in [1.29, 1.82) is 0 Å². The number of rotatable bonds is 6. The fourth-order valence-corrected chi connectivity index (χ4v) is 5.12. The van der Waals surface area contributed by atoms with Gasteiger partial charge in [0.15, 0.2) is 5.82 Å². The third-order valence-corrected chi connectivity index (χ3v) is 6.84. The molecule has 6 heteroatoms. The third-order valence-electron chi connectivity index (χ3n) is 6.84. The lowest BCUT2D eigenvalue weighted by molar-refractivity contribution is 0.335. The molecule has 30 heavy (non-hydrogen) atoms. The number of nitrogens with zero attached hydrogens (tertiary/aromatic N) is 5. The molecule has 5 rings (SSSR count). The Morgan fingerprint density at radius 1 is 0.967 bits per heavy atom. The van der Waals surface area contributed by atoms with Gasteiger partial charge < -0.3 is 20.4 Å². The number of anilines is 2. The molecular weight excluding hydrogens is 372 g/mol. The third kappa shape index (κ3) is 4.30. The van der Waals surface area contributed by atoms with Crippen LogP contribution in [0.4, 0.5) is 11.5 Å². The molecule has 160 valence electrons. The van der Waals surface area contributed by atoms with E-state index in [-0.39, 0.29) is 6.04 Å². The normalized spacial score (nSPS) is 22.0. The highest BCUT2D eigenvalue weighted by Gasteiger charge is 2.23. The molecule has 4 heterocycles. The lowest BCUT2D eigenvalue weighted by atomic mass is 10.1. The summed E-state index contributed by atoms with van der Waals surface area (Å²) in [5.74, 6) is 1.98. The molecule has 2 N–H and O–H groups in total. The summed E-state index contributed by atoms with van der Waals surface area (Å²) in [7, 11) is 0. The number of hydrogen-bond donors (Lipinski definition) is 1. The Hall–Kier alpha value is -2.18. The van der Waals surface area contributed by atoms with Crippen LogP contribution >= 0.6 is 0 Å². The van der Waals surface area contributed by atoms with E-state index in [0.29, 0.717) is 0 Å². The molecule has 1 atom stereocenters. The second kappa shape index (κ2) is 8.90. The van der Waals surface area contributed by atoms with Crippen LogP contribution in [0.5, 0.6) is 0 Å². The van der Waals surface area contributed by atoms with Crippen molar-refractivity contribution in [2.75, 3.05) is 55.6 Å². The number of fused-ring (bicyclic) bond motifs is 1. The van der Waals surface area contributed by atoms with E-state index in [9.17, 15) is 0 Å². The minimum absolute atomic E-state index is 0.287. The zero-order chi connectivity index (χ0) is 20.3. The first kappa shape index (κ1) is 19.8. The number of benzene rings is 1. The first-order valence-corrected chi connectivity index (χ1v) is 11.7. The average molecular weight is 407 g/mol. The van der Waals surface area contributed by atoms with Crippen molar-refractivity contribution in [3.63, 3.8) is 0 Å². The molecule has 1 aromatic heterocycles. The average Bonchev–Trinajstić information content (AvgIpc) is 3.44. The molecule has 0 spiro atoms. The zero-order valence-corrected chi connectivity index (χ0v) is 18.0. The van der Waals surface area contributed by atoms with E-state index in [4.69, 9.17) is 10.7 Å². The molecule has 3 aliphatic heterocycles. The van der Waals surface area contributed by atoms with Crippen LogP contribution < -0.4 is 15.5 Å². The quantitative estimate of drug-likeness (QED) is 0.796. The van der Waals surface area contributed by atoms with Gasteiger partial charge in [0, 0.05) is 55.2 Å². The number of piperidine rings is 1. The summed E-state index contributed by atoms with van der Waals surface area (Å²) in [5, 5.41) is 0. The van der Waals surface area contributed by atoms with E-state index < -0.39 is 0 Å². The second-order valence-electron chi connectivity index (χ2n) is 9.08. The predicted octanol–water partition coefficient (Wildman–Crippen LogP) is 2.92. The van der Waals surface area contributed by atoms with Gasteiger partial charge in [-0.25, -0.2) is 9.97 Å². The number of nitrogens with two attached hydrogens (primary N) is 1. The first-order chi connectivity index (χ1) is 14.8. The van der Waals surface area contributed by atoms with Crippen molar-refractivity contribution in [3.05, 3.63) is 36.0 Å². The first-order valence-electron chi connectivity index (χ1n) is 11.7. The number of aromatic nitrogens is 2. The van der Waals surface area contributed by atoms with Crippen LogP contribution in [0.3, 0.4) is 0 Å². The SMILES string of the molecule is N[C@H]1CCCN(c2ccc(-c3ncc4c(n3)N(CCCN3CCCC3)CC4)cc2)C1. The smallest absolute Gasteiger partial charge is 0.161 e. The van der Waals surface area contributed by atoms with Crippen molar-refractivity contribution in [1.82, 2.24) is 14.9 Å². The van der Waals surface area contributed by atoms with Crippen molar-refractivity contribution >= 4 is 11.5 Å². The highest BCUT2D eigenvalue weighted by Crippen LogP contribution is 2.29. The van der Waals surface area contributed by atoms with Gasteiger partial charge in [-0.3, -0.25) is 0 Å². The van der Waals surface area contributed by atoms with E-state index in [2.05, 4.69) is 43.9 Å². The Morgan fingerprint density at radius 2 is 1.80 bits per heavy atom. The van der Waals surface area contributed by atoms with E-state index in [0.717, 1.165) is 56.2 Å². The van der Waals surface area contributed by atoms with E-state index in [1.807, 2.05) is 6.20 Å². The fraction of sp³-hybridized carbons (Fsp3) is 0.583. The van der Waals surface area contributed by atoms with E-state index in [1.54, 1.807) is 0 Å². The predicted molar refractivity (Wildman–Crippen MR) is 123 cm³/mol. The lowest BCUT2D eigenvalue weighted by Gasteiger charge is -2.32. The van der Waals surface area contributed by atoms with Crippen LogP contribution in [0.15, 0.2) is 30.5 Å². The van der Waals surface area contributed by atoms with Crippen LogP contribution in [-0.2, 0) is 6.42 Å². The fourth-order valence-electron chi connectivity index (χ4n) is 5.12. The Labute approximate surface area is 180 Å². The summed E-state index contributed by atoms with van der Waals surface area (Å²) in [6, 6.07) is 8.98. The molecule has 6 nitrogen and oxygen atoms in total. The van der Waals surface area contributed by atoms with Crippen LogP contribution in [0.1, 0.15) is 37.7 Å². The molecule has 3 aliphatic rings. The summed E-state index contributed by atoms with van der Waals surface area (Å²) in [6.07, 6.45) is 9.35. The Morgan fingerprint density at radius 3 is 2.60 bits per heavy atom. The molecule has 2 aromatic rings. The van der Waals surface area contributed by atoms with Crippen molar-refractivity contribution in [3.8, 4) is 11.4 Å². The van der Waals surface area contributed by atoms with Gasteiger partial charge in [0.05, 0.1) is 0 Å². The standard InChI is InChI=1S/C24H34N6/c25-21-5-3-14-30(18-21)22-8-6-19(7-9-22)23-26-17-20-10-16-29(24(20)27-23)15-4-13-28-11-1-2-12-28/h6-9,17,21H,1-5,10-16,18,25H2/t21-/m0/s1. The minimum Gasteiger partial charge on any atom is -0.370 e. The molecule has 0 amide bonds. The van der Waals surface area contributed by atoms with Crippen LogP contribution in [-0.4, -0.2) is 66.7 Å². The maximum Gasteiger partial charge on any atom is 0.161 e. The molecule has 2 saturated heterocycles. The van der Waals surface area contributed by atoms with Gasteiger partial charge in [0.2, 0.25) is 0 Å². The molecule has 0 unspecified atom stereocenters. The molecule has 2 fully saturated rings. The summed E-state index contributed by atoms with van der Waals surface area (Å²) < 4.78 is 0. The number of hydrogen-bond acceptors (Lipinski definition) is 6. The second-order valence-corrected chi connectivity index (χ2v) is 9.08. The van der Waals surface area contributed by atoms with Crippen LogP contribution in [0.25, 0.3) is 11.4 Å². The number of likely N-dealkylation sites (tertiary alicyclic amines) is 1. The summed E-state index contributed by atoms with van der Waals surface area (Å²) in [6.45, 7) is 7.97. The monoisotopic (exact) mass is 406 g/mol. The van der Waals surface area contributed by atoms with Gasteiger partial charge >= 0.3 is 0 Å². The summed E-state index contributed by atoms with van der Waals surface area (Å²) in [4.78, 5) is 17.1. The largest absolute Gasteiger partial charge is 0.370 e. The Balaban J connectivity index is 1.25. The van der Waals surface area contributed by atoms with E-state index >= 15 is 0 Å². The van der Waals surface area contributed by atoms with Gasteiger partial charge in [-0.1, -0.05) is 0 Å². The topological polar surface area (TPSA) is 61.5 Å². The molecule has 0 bridgehead atoms. The van der Waals surface area contributed by atoms with Gasteiger partial charge in [-0.2, -0.15) is 0 Å². The zero-order valence-electron chi connectivity index (χ0n) is 18.0. The summed E-state index contributed by atoms with van der Waals surface area (Å²) >= 11 is 0. The molecule has 0 saturated carbocycles. The van der Waals surface area contributed by atoms with Crippen LogP contribution in [0, 0.1) is 0 Å². The maximum atomic E-state index is 6.15. The highest BCUT2D eigenvalue weighted by atomic mass is 15.2. The van der Waals surface area contributed by atoms with Crippen molar-refractivity contribution < 1.29 is 0 Å². The molecule has 0 aliphatic carbocycles. The van der Waals surface area contributed by atoms with Gasteiger partial charge in [-0.05, 0) is 82.4 Å². The van der Waals surface area contributed by atoms with Crippen molar-refractivity contribution in [2.24, 2.45) is 5.73 Å².